The number of methoxy groups -OCH3 is 2. The van der Waals surface area contributed by atoms with Gasteiger partial charge in [-0.2, -0.15) is 0 Å². The van der Waals surface area contributed by atoms with Crippen LogP contribution in [0.1, 0.15) is 12.5 Å². The van der Waals surface area contributed by atoms with E-state index < -0.39 is 17.9 Å². The third kappa shape index (κ3) is 5.94. The van der Waals surface area contributed by atoms with Gasteiger partial charge in [-0.3, -0.25) is 20.4 Å². The summed E-state index contributed by atoms with van der Waals surface area (Å²) >= 11 is 11.8. The molecule has 2 aromatic carbocycles. The standard InChI is InChI=1S/C19H20Cl2N2O5/c1-11(28-15-7-5-13(20)10-14(15)21)19(25)23-22-18(24)9-12-4-6-16(26-2)17(8-12)27-3/h4-8,10-11H,9H2,1-3H3,(H,22,24)(H,23,25)/t11-/m0/s1. The van der Waals surface area contributed by atoms with Crippen LogP contribution in [0, 0.1) is 0 Å². The summed E-state index contributed by atoms with van der Waals surface area (Å²) in [7, 11) is 3.04. The minimum absolute atomic E-state index is 0.0406. The lowest BCUT2D eigenvalue weighted by Crippen LogP contribution is -2.47. The fourth-order valence-electron chi connectivity index (χ4n) is 2.27. The third-order valence-corrected chi connectivity index (χ3v) is 4.24. The molecular weight excluding hydrogens is 407 g/mol. The molecule has 7 nitrogen and oxygen atoms in total. The summed E-state index contributed by atoms with van der Waals surface area (Å²) in [6.07, 6.45) is -0.848. The lowest BCUT2D eigenvalue weighted by molar-refractivity contribution is -0.132. The minimum Gasteiger partial charge on any atom is -0.493 e. The number of carbonyl (C=O) groups is 2. The van der Waals surface area contributed by atoms with Crippen molar-refractivity contribution in [3.8, 4) is 17.2 Å². The molecular formula is C19H20Cl2N2O5. The number of amides is 2. The van der Waals surface area contributed by atoms with Gasteiger partial charge in [0.15, 0.2) is 17.6 Å². The van der Waals surface area contributed by atoms with Gasteiger partial charge >= 0.3 is 0 Å². The number of ether oxygens (including phenoxy) is 3. The van der Waals surface area contributed by atoms with Crippen molar-refractivity contribution < 1.29 is 23.8 Å². The lowest BCUT2D eigenvalue weighted by atomic mass is 10.1. The van der Waals surface area contributed by atoms with Gasteiger partial charge < -0.3 is 14.2 Å². The van der Waals surface area contributed by atoms with Crippen molar-refractivity contribution in [3.05, 3.63) is 52.0 Å². The maximum atomic E-state index is 12.1. The zero-order valence-corrected chi connectivity index (χ0v) is 17.1. The molecule has 1 atom stereocenters. The molecule has 2 amide bonds. The lowest BCUT2D eigenvalue weighted by Gasteiger charge is -2.16. The first kappa shape index (κ1) is 21.7. The van der Waals surface area contributed by atoms with Crippen molar-refractivity contribution in [2.24, 2.45) is 0 Å². The van der Waals surface area contributed by atoms with Crippen molar-refractivity contribution in [3.63, 3.8) is 0 Å². The van der Waals surface area contributed by atoms with E-state index in [9.17, 15) is 9.59 Å². The SMILES string of the molecule is COc1ccc(CC(=O)NNC(=O)[C@H](C)Oc2ccc(Cl)cc2Cl)cc1OC. The molecule has 9 heteroatoms. The van der Waals surface area contributed by atoms with Gasteiger partial charge in [0.1, 0.15) is 5.75 Å². The second kappa shape index (κ2) is 10.1. The molecule has 0 aromatic heterocycles. The fourth-order valence-corrected chi connectivity index (χ4v) is 2.72. The highest BCUT2D eigenvalue weighted by Crippen LogP contribution is 2.28. The fraction of sp³-hybridized carbons (Fsp3) is 0.263. The number of nitrogens with one attached hydrogen (secondary N) is 2. The number of hydrazine groups is 1. The van der Waals surface area contributed by atoms with Crippen LogP contribution in [-0.2, 0) is 16.0 Å². The molecule has 0 aliphatic heterocycles. The Kier molecular flexibility index (Phi) is 7.78. The monoisotopic (exact) mass is 426 g/mol. The Morgan fingerprint density at radius 1 is 0.964 bits per heavy atom. The van der Waals surface area contributed by atoms with Crippen LogP contribution >= 0.6 is 23.2 Å². The van der Waals surface area contributed by atoms with E-state index in [1.807, 2.05) is 0 Å². The molecule has 150 valence electrons. The molecule has 2 N–H and O–H groups in total. The maximum absolute atomic E-state index is 12.1. The molecule has 0 unspecified atom stereocenters. The summed E-state index contributed by atoms with van der Waals surface area (Å²) in [6, 6.07) is 9.79. The van der Waals surface area contributed by atoms with Crippen LogP contribution in [0.2, 0.25) is 10.0 Å². The van der Waals surface area contributed by atoms with Crippen LogP contribution in [0.4, 0.5) is 0 Å². The highest BCUT2D eigenvalue weighted by Gasteiger charge is 2.17. The van der Waals surface area contributed by atoms with E-state index in [-0.39, 0.29) is 11.4 Å². The smallest absolute Gasteiger partial charge is 0.279 e. The highest BCUT2D eigenvalue weighted by molar-refractivity contribution is 6.35. The molecule has 0 saturated heterocycles. The Balaban J connectivity index is 1.87. The van der Waals surface area contributed by atoms with Crippen molar-refractivity contribution in [1.82, 2.24) is 10.9 Å². The summed E-state index contributed by atoms with van der Waals surface area (Å²) in [4.78, 5) is 24.2. The first-order chi connectivity index (χ1) is 13.3. The molecule has 0 aliphatic rings. The van der Waals surface area contributed by atoms with Crippen LogP contribution in [0.5, 0.6) is 17.2 Å². The van der Waals surface area contributed by atoms with Gasteiger partial charge in [0.25, 0.3) is 5.91 Å². The van der Waals surface area contributed by atoms with E-state index in [0.29, 0.717) is 27.8 Å². The Morgan fingerprint density at radius 2 is 1.64 bits per heavy atom. The molecule has 0 fully saturated rings. The number of carbonyl (C=O) groups excluding carboxylic acids is 2. The number of rotatable bonds is 7. The molecule has 0 spiro atoms. The number of hydrogen-bond acceptors (Lipinski definition) is 5. The van der Waals surface area contributed by atoms with Crippen molar-refractivity contribution in [2.45, 2.75) is 19.4 Å². The minimum atomic E-state index is -0.889. The van der Waals surface area contributed by atoms with E-state index >= 15 is 0 Å². The van der Waals surface area contributed by atoms with Gasteiger partial charge in [-0.1, -0.05) is 29.3 Å². The normalized spacial score (nSPS) is 11.3. The van der Waals surface area contributed by atoms with Gasteiger partial charge in [0, 0.05) is 5.02 Å². The molecule has 0 radical (unpaired) electrons. The highest BCUT2D eigenvalue weighted by atomic mass is 35.5. The first-order valence-corrected chi connectivity index (χ1v) is 9.01. The van der Waals surface area contributed by atoms with Crippen LogP contribution in [0.3, 0.4) is 0 Å². The predicted octanol–water partition coefficient (Wildman–Crippen LogP) is 3.17. The summed E-state index contributed by atoms with van der Waals surface area (Å²) in [5.74, 6) is 0.444. The molecule has 2 rings (SSSR count). The van der Waals surface area contributed by atoms with Crippen molar-refractivity contribution in [1.29, 1.82) is 0 Å². The summed E-state index contributed by atoms with van der Waals surface area (Å²) in [5, 5.41) is 0.738. The number of hydrogen-bond donors (Lipinski definition) is 2. The largest absolute Gasteiger partial charge is 0.493 e. The maximum Gasteiger partial charge on any atom is 0.279 e. The number of benzene rings is 2. The average molecular weight is 427 g/mol. The van der Waals surface area contributed by atoms with E-state index in [1.165, 1.54) is 27.2 Å². The van der Waals surface area contributed by atoms with Gasteiger partial charge in [0.2, 0.25) is 5.91 Å². The zero-order chi connectivity index (χ0) is 20.7. The molecule has 0 saturated carbocycles. The van der Waals surface area contributed by atoms with Crippen LogP contribution < -0.4 is 25.1 Å². The Labute approximate surface area is 172 Å². The third-order valence-electron chi connectivity index (χ3n) is 3.70. The average Bonchev–Trinajstić information content (AvgIpc) is 2.68. The second-order valence-corrected chi connectivity index (χ2v) is 6.58. The first-order valence-electron chi connectivity index (χ1n) is 8.25. The molecule has 0 aliphatic carbocycles. The quantitative estimate of drug-likeness (QED) is 0.664. The molecule has 28 heavy (non-hydrogen) atoms. The summed E-state index contributed by atoms with van der Waals surface area (Å²) in [6.45, 7) is 1.53. The predicted molar refractivity (Wildman–Crippen MR) is 106 cm³/mol. The van der Waals surface area contributed by atoms with E-state index in [0.717, 1.165) is 0 Å². The van der Waals surface area contributed by atoms with Crippen LogP contribution in [0.25, 0.3) is 0 Å². The van der Waals surface area contributed by atoms with E-state index in [1.54, 1.807) is 30.3 Å². The topological polar surface area (TPSA) is 85.9 Å². The zero-order valence-electron chi connectivity index (χ0n) is 15.5. The van der Waals surface area contributed by atoms with Crippen molar-refractivity contribution in [2.75, 3.05) is 14.2 Å². The van der Waals surface area contributed by atoms with E-state index in [4.69, 9.17) is 37.4 Å². The van der Waals surface area contributed by atoms with Crippen molar-refractivity contribution >= 4 is 35.0 Å². The Morgan fingerprint density at radius 3 is 2.29 bits per heavy atom. The van der Waals surface area contributed by atoms with Gasteiger partial charge in [-0.25, -0.2) is 0 Å². The molecule has 2 aromatic rings. The van der Waals surface area contributed by atoms with Crippen LogP contribution in [-0.4, -0.2) is 32.1 Å². The van der Waals surface area contributed by atoms with Gasteiger partial charge in [-0.15, -0.1) is 0 Å². The number of halogens is 2. The van der Waals surface area contributed by atoms with Gasteiger partial charge in [0.05, 0.1) is 25.7 Å². The van der Waals surface area contributed by atoms with Crippen LogP contribution in [0.15, 0.2) is 36.4 Å². The second-order valence-electron chi connectivity index (χ2n) is 5.74. The summed E-state index contributed by atoms with van der Waals surface area (Å²) < 4.78 is 15.8. The molecule has 0 bridgehead atoms. The van der Waals surface area contributed by atoms with E-state index in [2.05, 4.69) is 10.9 Å². The Hall–Kier alpha value is -2.64. The van der Waals surface area contributed by atoms with Gasteiger partial charge in [-0.05, 0) is 42.8 Å². The Bertz CT molecular complexity index is 860. The summed E-state index contributed by atoms with van der Waals surface area (Å²) in [5.41, 5.74) is 5.35. The molecule has 0 heterocycles.